The van der Waals surface area contributed by atoms with Gasteiger partial charge in [-0.15, -0.1) is 0 Å². The summed E-state index contributed by atoms with van der Waals surface area (Å²) in [5.74, 6) is 4.89. The number of nitrogens with two attached hydrogens (primary N) is 1. The first-order valence-electron chi connectivity index (χ1n) is 2.59. The molecule has 3 nitrogen and oxygen atoms in total. The number of nitrogens with zero attached hydrogens (tertiary/aromatic N) is 1. The lowest BCUT2D eigenvalue weighted by Crippen LogP contribution is -2.08. The molecule has 0 saturated carbocycles. The van der Waals surface area contributed by atoms with E-state index in [2.05, 4.69) is 6.07 Å². The van der Waals surface area contributed by atoms with Crippen molar-refractivity contribution in [2.75, 3.05) is 0 Å². The largest absolute Gasteiger partial charge is 0.310 e. The van der Waals surface area contributed by atoms with Crippen LogP contribution in [0, 0.1) is 11.0 Å². The fraction of sp³-hybridized carbons (Fsp3) is 0. The molecule has 0 aliphatic carbocycles. The second-order valence-electron chi connectivity index (χ2n) is 1.70. The molecule has 1 rings (SSSR count). The monoisotopic (exact) mass is 156 g/mol. The van der Waals surface area contributed by atoms with Crippen LogP contribution in [0.15, 0.2) is 18.2 Å². The summed E-state index contributed by atoms with van der Waals surface area (Å²) < 4.78 is 0. The molecule has 0 aromatic heterocycles. The van der Waals surface area contributed by atoms with Crippen molar-refractivity contribution in [1.82, 2.24) is 0 Å². The normalized spacial score (nSPS) is 9.30. The van der Waals surface area contributed by atoms with Crippen LogP contribution in [0.5, 0.6) is 0 Å². The maximum absolute atomic E-state index is 10.5. The van der Waals surface area contributed by atoms with Gasteiger partial charge in [-0.3, -0.25) is 0 Å². The zero-order valence-electron chi connectivity index (χ0n) is 5.04. The van der Waals surface area contributed by atoms with Crippen LogP contribution in [0.25, 0.3) is 0 Å². The highest BCUT2D eigenvalue weighted by atomic mass is 35.5. The predicted molar refractivity (Wildman–Crippen MR) is 37.8 cm³/mol. The van der Waals surface area contributed by atoms with E-state index in [0.717, 1.165) is 0 Å². The van der Waals surface area contributed by atoms with Gasteiger partial charge in [-0.1, -0.05) is 17.7 Å². The van der Waals surface area contributed by atoms with Crippen molar-refractivity contribution in [3.63, 3.8) is 0 Å². The van der Waals surface area contributed by atoms with Crippen molar-refractivity contribution >= 4 is 17.3 Å². The molecule has 0 aliphatic heterocycles. The molecule has 51 valence electrons. The second-order valence-corrected chi connectivity index (χ2v) is 2.11. The fourth-order valence-corrected chi connectivity index (χ4v) is 0.772. The number of halogens is 1. The lowest BCUT2D eigenvalue weighted by molar-refractivity contribution is -0.474. The Morgan fingerprint density at radius 2 is 2.40 bits per heavy atom. The van der Waals surface area contributed by atoms with Crippen LogP contribution < -0.4 is 5.84 Å². The second kappa shape index (κ2) is 2.66. The molecule has 0 aliphatic rings. The fourth-order valence-electron chi connectivity index (χ4n) is 0.572. The molecule has 0 fully saturated rings. The van der Waals surface area contributed by atoms with Crippen LogP contribution in [0.3, 0.4) is 0 Å². The molecule has 0 unspecified atom stereocenters. The first-order chi connectivity index (χ1) is 4.72. The minimum Gasteiger partial charge on any atom is -0.159 e. The molecule has 1 radical (unpaired) electrons. The molecule has 1 aromatic carbocycles. The number of hydrogen-bond acceptors (Lipinski definition) is 1. The van der Waals surface area contributed by atoms with E-state index in [1.807, 2.05) is 0 Å². The Labute approximate surface area is 62.9 Å². The van der Waals surface area contributed by atoms with Crippen LogP contribution in [0.4, 0.5) is 5.69 Å². The van der Waals surface area contributed by atoms with E-state index in [1.54, 1.807) is 12.1 Å². The summed E-state index contributed by atoms with van der Waals surface area (Å²) in [6.45, 7) is 0. The third-order valence-electron chi connectivity index (χ3n) is 1.03. The maximum Gasteiger partial charge on any atom is 0.310 e. The van der Waals surface area contributed by atoms with Gasteiger partial charge in [-0.2, -0.15) is 5.84 Å². The van der Waals surface area contributed by atoms with Crippen molar-refractivity contribution in [3.05, 3.63) is 34.2 Å². The van der Waals surface area contributed by atoms with Crippen molar-refractivity contribution in [2.45, 2.75) is 0 Å². The number of rotatable bonds is 1. The highest BCUT2D eigenvalue weighted by Gasteiger charge is 2.11. The van der Waals surface area contributed by atoms with Crippen LogP contribution in [-0.2, 0) is 0 Å². The summed E-state index contributed by atoms with van der Waals surface area (Å²) in [5, 5.41) is 0.330. The summed E-state index contributed by atoms with van der Waals surface area (Å²) >= 11 is 5.58. The van der Waals surface area contributed by atoms with Gasteiger partial charge in [0.15, 0.2) is 4.87 Å². The van der Waals surface area contributed by atoms with E-state index in [-0.39, 0.29) is 10.6 Å². The summed E-state index contributed by atoms with van der Waals surface area (Å²) in [7, 11) is 0. The molecule has 4 heteroatoms. The van der Waals surface area contributed by atoms with Gasteiger partial charge in [0, 0.05) is 6.07 Å². The first kappa shape index (κ1) is 7.02. The topological polar surface area (TPSA) is 46.1 Å². The Hall–Kier alpha value is -1.09. The van der Waals surface area contributed by atoms with Gasteiger partial charge in [0.2, 0.25) is 0 Å². The van der Waals surface area contributed by atoms with Crippen LogP contribution in [0.1, 0.15) is 0 Å². The standard InChI is InChI=1S/C6H5ClN2O/c7-5-3-1-2-4-6(5)9(8)10/h1,3-4H,(H2,8,10)/q+1. The molecule has 0 saturated heterocycles. The SMILES string of the molecule is N[N+](=O)c1c[c]ccc1Cl. The molecule has 2 N–H and O–H groups in total. The number of hydrogen-bond donors (Lipinski definition) is 1. The van der Waals surface area contributed by atoms with Crippen LogP contribution in [0.2, 0.25) is 5.02 Å². The first-order valence-corrected chi connectivity index (χ1v) is 2.97. The van der Waals surface area contributed by atoms with Gasteiger partial charge in [-0.25, -0.2) is 0 Å². The van der Waals surface area contributed by atoms with Gasteiger partial charge >= 0.3 is 5.69 Å². The molecule has 0 atom stereocenters. The molecule has 0 spiro atoms. The lowest BCUT2D eigenvalue weighted by atomic mass is 10.3. The summed E-state index contributed by atoms with van der Waals surface area (Å²) in [6.07, 6.45) is 0. The zero-order valence-corrected chi connectivity index (χ0v) is 5.80. The van der Waals surface area contributed by atoms with Gasteiger partial charge in [0.05, 0.1) is 4.91 Å². The third kappa shape index (κ3) is 1.25. The lowest BCUT2D eigenvalue weighted by Gasteiger charge is -1.86. The molecular weight excluding hydrogens is 152 g/mol. The molecule has 0 amide bonds. The van der Waals surface area contributed by atoms with Gasteiger partial charge in [-0.05, 0) is 12.1 Å². The van der Waals surface area contributed by atoms with E-state index >= 15 is 0 Å². The zero-order chi connectivity index (χ0) is 7.56. The number of benzene rings is 1. The summed E-state index contributed by atoms with van der Waals surface area (Å²) in [4.78, 5) is 10.7. The smallest absolute Gasteiger partial charge is 0.159 e. The average Bonchev–Trinajstić information content (AvgIpc) is 1.88. The van der Waals surface area contributed by atoms with E-state index in [1.165, 1.54) is 6.07 Å². The quantitative estimate of drug-likeness (QED) is 0.380. The van der Waals surface area contributed by atoms with E-state index < -0.39 is 0 Å². The summed E-state index contributed by atoms with van der Waals surface area (Å²) in [6, 6.07) is 7.26. The minimum absolute atomic E-state index is 0.207. The van der Waals surface area contributed by atoms with Crippen molar-refractivity contribution < 1.29 is 4.87 Å². The molecule has 1 aromatic rings. The highest BCUT2D eigenvalue weighted by Crippen LogP contribution is 2.20. The highest BCUT2D eigenvalue weighted by molar-refractivity contribution is 6.32. The van der Waals surface area contributed by atoms with Gasteiger partial charge < -0.3 is 0 Å². The van der Waals surface area contributed by atoms with Crippen LogP contribution in [-0.4, -0.2) is 4.87 Å². The Morgan fingerprint density at radius 3 is 2.80 bits per heavy atom. The minimum atomic E-state index is 0.207. The van der Waals surface area contributed by atoms with Crippen LogP contribution >= 0.6 is 11.6 Å². The number of hydrazine groups is 1. The van der Waals surface area contributed by atoms with Crippen molar-refractivity contribution in [1.29, 1.82) is 0 Å². The van der Waals surface area contributed by atoms with Gasteiger partial charge in [0.1, 0.15) is 5.02 Å². The Morgan fingerprint density at radius 1 is 1.70 bits per heavy atom. The molecule has 10 heavy (non-hydrogen) atoms. The van der Waals surface area contributed by atoms with E-state index in [9.17, 15) is 4.91 Å². The Balaban J connectivity index is 3.15. The predicted octanol–water partition coefficient (Wildman–Crippen LogP) is 1.42. The average molecular weight is 157 g/mol. The van der Waals surface area contributed by atoms with Crippen molar-refractivity contribution in [3.8, 4) is 0 Å². The number of nitroso groups, excluding NO2 is 1. The Bertz CT molecular complexity index is 262. The molecular formula is C6H5ClN2O+. The molecule has 0 bridgehead atoms. The van der Waals surface area contributed by atoms with Crippen molar-refractivity contribution in [2.24, 2.45) is 5.84 Å². The molecule has 0 heterocycles. The summed E-state index contributed by atoms with van der Waals surface area (Å²) in [5.41, 5.74) is 0.226. The Kier molecular flexibility index (Phi) is 1.87. The van der Waals surface area contributed by atoms with Gasteiger partial charge in [0.25, 0.3) is 0 Å². The maximum atomic E-state index is 10.5. The third-order valence-corrected chi connectivity index (χ3v) is 1.35. The van der Waals surface area contributed by atoms with E-state index in [0.29, 0.717) is 5.02 Å². The van der Waals surface area contributed by atoms with E-state index in [4.69, 9.17) is 17.4 Å².